The second-order valence-electron chi connectivity index (χ2n) is 4.89. The standard InChI is InChI=1S/C14H14N2O3S2/c17-13(16-5-2-1-3-10(16)14(18)19)11-7-15-12(21-11)9-4-6-20-8-9/h4,6-8,10H,1-3,5H2,(H,18,19). The van der Waals surface area contributed by atoms with Crippen molar-refractivity contribution in [3.63, 3.8) is 0 Å². The number of carbonyl (C=O) groups excluding carboxylic acids is 1. The number of likely N-dealkylation sites (tertiary alicyclic amines) is 1. The van der Waals surface area contributed by atoms with Gasteiger partial charge in [0.2, 0.25) is 0 Å². The smallest absolute Gasteiger partial charge is 0.326 e. The van der Waals surface area contributed by atoms with Gasteiger partial charge in [-0.05, 0) is 30.7 Å². The van der Waals surface area contributed by atoms with Crippen molar-refractivity contribution in [2.45, 2.75) is 25.3 Å². The molecule has 1 unspecified atom stereocenters. The molecule has 1 fully saturated rings. The quantitative estimate of drug-likeness (QED) is 0.943. The van der Waals surface area contributed by atoms with E-state index >= 15 is 0 Å². The molecule has 0 bridgehead atoms. The number of hydrogen-bond donors (Lipinski definition) is 1. The minimum absolute atomic E-state index is 0.221. The zero-order chi connectivity index (χ0) is 14.8. The highest BCUT2D eigenvalue weighted by molar-refractivity contribution is 7.17. The van der Waals surface area contributed by atoms with Crippen LogP contribution >= 0.6 is 22.7 Å². The third-order valence-electron chi connectivity index (χ3n) is 3.53. The molecule has 1 aliphatic rings. The lowest BCUT2D eigenvalue weighted by atomic mass is 10.0. The summed E-state index contributed by atoms with van der Waals surface area (Å²) < 4.78 is 0. The number of carboxylic acid groups (broad SMARTS) is 1. The third-order valence-corrected chi connectivity index (χ3v) is 5.25. The molecule has 0 saturated carbocycles. The summed E-state index contributed by atoms with van der Waals surface area (Å²) in [7, 11) is 0. The van der Waals surface area contributed by atoms with Crippen LogP contribution in [0, 0.1) is 0 Å². The van der Waals surface area contributed by atoms with Crippen molar-refractivity contribution in [2.75, 3.05) is 6.54 Å². The van der Waals surface area contributed by atoms with Gasteiger partial charge in [-0.2, -0.15) is 11.3 Å². The van der Waals surface area contributed by atoms with E-state index in [0.29, 0.717) is 17.8 Å². The lowest BCUT2D eigenvalue weighted by molar-refractivity contribution is -0.143. The Hall–Kier alpha value is -1.73. The maximum Gasteiger partial charge on any atom is 0.326 e. The van der Waals surface area contributed by atoms with Gasteiger partial charge in [-0.15, -0.1) is 11.3 Å². The molecule has 1 amide bonds. The van der Waals surface area contributed by atoms with Gasteiger partial charge in [-0.3, -0.25) is 4.79 Å². The molecule has 1 aliphatic heterocycles. The zero-order valence-electron chi connectivity index (χ0n) is 11.2. The molecule has 0 radical (unpaired) electrons. The Bertz CT molecular complexity index is 651. The van der Waals surface area contributed by atoms with Crippen LogP contribution in [0.2, 0.25) is 0 Å². The molecule has 1 saturated heterocycles. The fourth-order valence-corrected chi connectivity index (χ4v) is 4.05. The molecule has 0 aromatic carbocycles. The van der Waals surface area contributed by atoms with E-state index in [9.17, 15) is 14.7 Å². The third kappa shape index (κ3) is 2.84. The molecule has 3 heterocycles. The Balaban J connectivity index is 1.83. The van der Waals surface area contributed by atoms with Gasteiger partial charge in [0, 0.05) is 17.5 Å². The van der Waals surface area contributed by atoms with Crippen LogP contribution in [-0.4, -0.2) is 39.5 Å². The van der Waals surface area contributed by atoms with E-state index in [-0.39, 0.29) is 5.91 Å². The summed E-state index contributed by atoms with van der Waals surface area (Å²) in [5, 5.41) is 14.0. The molecule has 2 aromatic heterocycles. The lowest BCUT2D eigenvalue weighted by Crippen LogP contribution is -2.47. The average Bonchev–Trinajstić information content (AvgIpc) is 3.17. The topological polar surface area (TPSA) is 70.5 Å². The van der Waals surface area contributed by atoms with Crippen LogP contribution in [0.25, 0.3) is 10.6 Å². The van der Waals surface area contributed by atoms with Gasteiger partial charge >= 0.3 is 5.97 Å². The number of piperidine rings is 1. The summed E-state index contributed by atoms with van der Waals surface area (Å²) in [5.74, 6) is -1.15. The predicted octanol–water partition coefficient (Wildman–Crippen LogP) is 2.95. The van der Waals surface area contributed by atoms with Gasteiger partial charge in [0.1, 0.15) is 15.9 Å². The second kappa shape index (κ2) is 5.95. The first-order valence-electron chi connectivity index (χ1n) is 6.69. The van der Waals surface area contributed by atoms with Gasteiger partial charge in [0.05, 0.1) is 6.20 Å². The maximum absolute atomic E-state index is 12.5. The Kier molecular flexibility index (Phi) is 4.03. The van der Waals surface area contributed by atoms with Crippen LogP contribution in [0.15, 0.2) is 23.0 Å². The van der Waals surface area contributed by atoms with Crippen molar-refractivity contribution in [3.8, 4) is 10.6 Å². The lowest BCUT2D eigenvalue weighted by Gasteiger charge is -2.32. The van der Waals surface area contributed by atoms with Crippen molar-refractivity contribution in [1.29, 1.82) is 0 Å². The number of aromatic nitrogens is 1. The highest BCUT2D eigenvalue weighted by Gasteiger charge is 2.33. The summed E-state index contributed by atoms with van der Waals surface area (Å²) >= 11 is 2.90. The van der Waals surface area contributed by atoms with Crippen molar-refractivity contribution in [3.05, 3.63) is 27.9 Å². The number of carboxylic acids is 1. The first-order valence-corrected chi connectivity index (χ1v) is 8.45. The number of thiophene rings is 1. The molecule has 1 atom stereocenters. The number of aliphatic carboxylic acids is 1. The molecule has 21 heavy (non-hydrogen) atoms. The monoisotopic (exact) mass is 322 g/mol. The molecule has 2 aromatic rings. The summed E-state index contributed by atoms with van der Waals surface area (Å²) in [6.07, 6.45) is 3.78. The Morgan fingerprint density at radius 1 is 1.38 bits per heavy atom. The van der Waals surface area contributed by atoms with Gasteiger partial charge in [-0.1, -0.05) is 0 Å². The van der Waals surface area contributed by atoms with E-state index in [1.54, 1.807) is 17.5 Å². The molecular formula is C14H14N2O3S2. The summed E-state index contributed by atoms with van der Waals surface area (Å²) in [5.41, 5.74) is 0.998. The minimum atomic E-state index is -0.925. The number of thiazole rings is 1. The zero-order valence-corrected chi connectivity index (χ0v) is 12.8. The van der Waals surface area contributed by atoms with Crippen LogP contribution in [0.4, 0.5) is 0 Å². The molecule has 3 rings (SSSR count). The molecule has 5 nitrogen and oxygen atoms in total. The SMILES string of the molecule is O=C(O)C1CCCCN1C(=O)c1cnc(-c2ccsc2)s1. The van der Waals surface area contributed by atoms with Crippen LogP contribution in [0.5, 0.6) is 0 Å². The van der Waals surface area contributed by atoms with Crippen LogP contribution in [0.3, 0.4) is 0 Å². The Morgan fingerprint density at radius 2 is 2.24 bits per heavy atom. The largest absolute Gasteiger partial charge is 0.480 e. The van der Waals surface area contributed by atoms with E-state index in [0.717, 1.165) is 23.4 Å². The predicted molar refractivity (Wildman–Crippen MR) is 81.7 cm³/mol. The van der Waals surface area contributed by atoms with Gasteiger partial charge in [0.25, 0.3) is 5.91 Å². The second-order valence-corrected chi connectivity index (χ2v) is 6.70. The average molecular weight is 322 g/mol. The number of amides is 1. The fraction of sp³-hybridized carbons (Fsp3) is 0.357. The van der Waals surface area contributed by atoms with E-state index in [1.165, 1.54) is 16.2 Å². The van der Waals surface area contributed by atoms with Gasteiger partial charge in [0.15, 0.2) is 0 Å². The minimum Gasteiger partial charge on any atom is -0.480 e. The maximum atomic E-state index is 12.5. The fourth-order valence-electron chi connectivity index (χ4n) is 2.47. The molecule has 1 N–H and O–H groups in total. The number of rotatable bonds is 3. The van der Waals surface area contributed by atoms with E-state index < -0.39 is 12.0 Å². The van der Waals surface area contributed by atoms with Crippen molar-refractivity contribution in [2.24, 2.45) is 0 Å². The van der Waals surface area contributed by atoms with Crippen molar-refractivity contribution >= 4 is 34.6 Å². The summed E-state index contributed by atoms with van der Waals surface area (Å²) in [6, 6.07) is 1.25. The highest BCUT2D eigenvalue weighted by Crippen LogP contribution is 2.29. The van der Waals surface area contributed by atoms with Gasteiger partial charge < -0.3 is 10.0 Å². The molecular weight excluding hydrogens is 308 g/mol. The summed E-state index contributed by atoms with van der Waals surface area (Å²) in [4.78, 5) is 30.1. The van der Waals surface area contributed by atoms with E-state index in [4.69, 9.17) is 0 Å². The first-order chi connectivity index (χ1) is 10.2. The van der Waals surface area contributed by atoms with Crippen LogP contribution in [0.1, 0.15) is 28.9 Å². The normalized spacial score (nSPS) is 18.7. The number of nitrogens with zero attached hydrogens (tertiary/aromatic N) is 2. The Labute approximate surface area is 129 Å². The molecule has 0 aliphatic carbocycles. The molecule has 110 valence electrons. The number of hydrogen-bond acceptors (Lipinski definition) is 5. The highest BCUT2D eigenvalue weighted by atomic mass is 32.1. The summed E-state index contributed by atoms with van der Waals surface area (Å²) in [6.45, 7) is 0.501. The van der Waals surface area contributed by atoms with Crippen LogP contribution < -0.4 is 0 Å². The molecule has 7 heteroatoms. The Morgan fingerprint density at radius 3 is 2.95 bits per heavy atom. The number of carbonyl (C=O) groups is 2. The van der Waals surface area contributed by atoms with E-state index in [1.807, 2.05) is 16.8 Å². The van der Waals surface area contributed by atoms with Crippen molar-refractivity contribution < 1.29 is 14.7 Å². The first kappa shape index (κ1) is 14.2. The van der Waals surface area contributed by atoms with E-state index in [2.05, 4.69) is 4.98 Å². The van der Waals surface area contributed by atoms with Crippen LogP contribution in [-0.2, 0) is 4.79 Å². The molecule has 0 spiro atoms. The van der Waals surface area contributed by atoms with Gasteiger partial charge in [-0.25, -0.2) is 9.78 Å². The van der Waals surface area contributed by atoms with Crippen molar-refractivity contribution in [1.82, 2.24) is 9.88 Å².